The number of nitrogens with zero attached hydrogens (tertiary/aromatic N) is 1. The van der Waals surface area contributed by atoms with Crippen LogP contribution in [0.1, 0.15) is 49.8 Å². The van der Waals surface area contributed by atoms with Crippen molar-refractivity contribution < 1.29 is 9.53 Å². The fraction of sp³-hybridized carbons (Fsp3) is 0.444. The van der Waals surface area contributed by atoms with Gasteiger partial charge in [0.1, 0.15) is 18.1 Å². The summed E-state index contributed by atoms with van der Waals surface area (Å²) in [4.78, 5) is 12.2. The number of H-pyrrole nitrogens is 1. The van der Waals surface area contributed by atoms with E-state index in [4.69, 9.17) is 4.74 Å². The summed E-state index contributed by atoms with van der Waals surface area (Å²) in [5, 5.41) is 9.88. The lowest BCUT2D eigenvalue weighted by atomic mass is 10.0. The van der Waals surface area contributed by atoms with Crippen LogP contribution < -0.4 is 10.1 Å². The van der Waals surface area contributed by atoms with Crippen molar-refractivity contribution in [2.24, 2.45) is 5.92 Å². The van der Waals surface area contributed by atoms with Crippen molar-refractivity contribution >= 4 is 5.91 Å². The Kier molecular flexibility index (Phi) is 6.20. The average molecular weight is 315 g/mol. The summed E-state index contributed by atoms with van der Waals surface area (Å²) in [6.45, 7) is 6.74. The van der Waals surface area contributed by atoms with Gasteiger partial charge in [0, 0.05) is 6.04 Å². The molecule has 23 heavy (non-hydrogen) atoms. The van der Waals surface area contributed by atoms with Gasteiger partial charge in [-0.15, -0.1) is 0 Å². The lowest BCUT2D eigenvalue weighted by molar-refractivity contribution is 0.0932. The van der Waals surface area contributed by atoms with Crippen molar-refractivity contribution in [2.45, 2.75) is 46.3 Å². The van der Waals surface area contributed by atoms with E-state index in [0.717, 1.165) is 24.3 Å². The van der Waals surface area contributed by atoms with E-state index in [1.807, 2.05) is 37.3 Å². The van der Waals surface area contributed by atoms with Crippen LogP contribution in [0.2, 0.25) is 0 Å². The maximum Gasteiger partial charge on any atom is 0.271 e. The molecule has 0 saturated carbocycles. The van der Waals surface area contributed by atoms with Gasteiger partial charge in [-0.1, -0.05) is 32.0 Å². The van der Waals surface area contributed by atoms with Crippen molar-refractivity contribution in [3.63, 3.8) is 0 Å². The predicted molar refractivity (Wildman–Crippen MR) is 90.4 cm³/mol. The molecule has 0 fully saturated rings. The third-order valence-electron chi connectivity index (χ3n) is 3.56. The van der Waals surface area contributed by atoms with Crippen LogP contribution >= 0.6 is 0 Å². The van der Waals surface area contributed by atoms with E-state index in [0.29, 0.717) is 18.2 Å². The summed E-state index contributed by atoms with van der Waals surface area (Å²) in [5.41, 5.74) is 1.17. The SMILES string of the molecule is CC(C)CC[C@H](C)NC(=O)c1cc(COc2ccccc2)[nH]n1. The molecular weight excluding hydrogens is 290 g/mol. The number of benzene rings is 1. The molecule has 0 saturated heterocycles. The van der Waals surface area contributed by atoms with Crippen LogP contribution in [0.5, 0.6) is 5.75 Å². The second-order valence-corrected chi connectivity index (χ2v) is 6.23. The van der Waals surface area contributed by atoms with Gasteiger partial charge in [0.25, 0.3) is 5.91 Å². The molecule has 0 aliphatic rings. The number of carbonyl (C=O) groups is 1. The summed E-state index contributed by atoms with van der Waals surface area (Å²) in [6, 6.07) is 11.4. The smallest absolute Gasteiger partial charge is 0.271 e. The Bertz CT molecular complexity index is 608. The first kappa shape index (κ1) is 17.1. The molecular formula is C18H25N3O2. The van der Waals surface area contributed by atoms with Crippen LogP contribution in [0.4, 0.5) is 0 Å². The molecule has 2 rings (SSSR count). The number of rotatable bonds is 8. The van der Waals surface area contributed by atoms with E-state index < -0.39 is 0 Å². The number of para-hydroxylation sites is 1. The molecule has 0 bridgehead atoms. The van der Waals surface area contributed by atoms with Gasteiger partial charge in [0.15, 0.2) is 0 Å². The number of ether oxygens (including phenoxy) is 1. The van der Waals surface area contributed by atoms with Crippen molar-refractivity contribution in [3.05, 3.63) is 47.8 Å². The van der Waals surface area contributed by atoms with E-state index in [1.54, 1.807) is 6.07 Å². The summed E-state index contributed by atoms with van der Waals surface area (Å²) in [5.74, 6) is 1.28. The second-order valence-electron chi connectivity index (χ2n) is 6.23. The van der Waals surface area contributed by atoms with Crippen LogP contribution in [0.3, 0.4) is 0 Å². The predicted octanol–water partition coefficient (Wildman–Crippen LogP) is 3.54. The van der Waals surface area contributed by atoms with Gasteiger partial charge >= 0.3 is 0 Å². The van der Waals surface area contributed by atoms with E-state index in [2.05, 4.69) is 29.4 Å². The molecule has 1 heterocycles. The van der Waals surface area contributed by atoms with Crippen molar-refractivity contribution in [1.29, 1.82) is 0 Å². The van der Waals surface area contributed by atoms with E-state index in [9.17, 15) is 4.79 Å². The maximum atomic E-state index is 12.2. The lowest BCUT2D eigenvalue weighted by Gasteiger charge is -2.14. The van der Waals surface area contributed by atoms with Gasteiger partial charge in [-0.3, -0.25) is 9.89 Å². The third-order valence-corrected chi connectivity index (χ3v) is 3.56. The van der Waals surface area contributed by atoms with Gasteiger partial charge in [0.05, 0.1) is 5.69 Å². The third kappa shape index (κ3) is 5.77. The number of aromatic amines is 1. The summed E-state index contributed by atoms with van der Waals surface area (Å²) in [7, 11) is 0. The first-order chi connectivity index (χ1) is 11.0. The summed E-state index contributed by atoms with van der Waals surface area (Å²) < 4.78 is 5.63. The standard InChI is InChI=1S/C18H25N3O2/c1-13(2)9-10-14(3)19-18(22)17-11-15(20-21-17)12-23-16-7-5-4-6-8-16/h4-8,11,13-14H,9-10,12H2,1-3H3,(H,19,22)(H,20,21)/t14-/m0/s1. The average Bonchev–Trinajstić information content (AvgIpc) is 3.01. The van der Waals surface area contributed by atoms with Crippen molar-refractivity contribution in [3.8, 4) is 5.75 Å². The highest BCUT2D eigenvalue weighted by atomic mass is 16.5. The Hall–Kier alpha value is -2.30. The fourth-order valence-electron chi connectivity index (χ4n) is 2.18. The van der Waals surface area contributed by atoms with Crippen molar-refractivity contribution in [2.75, 3.05) is 0 Å². The monoisotopic (exact) mass is 315 g/mol. The largest absolute Gasteiger partial charge is 0.487 e. The van der Waals surface area contributed by atoms with Crippen LogP contribution in [0.25, 0.3) is 0 Å². The Balaban J connectivity index is 1.82. The molecule has 0 unspecified atom stereocenters. The zero-order valence-corrected chi connectivity index (χ0v) is 14.0. The van der Waals surface area contributed by atoms with Crippen LogP contribution in [0.15, 0.2) is 36.4 Å². The zero-order chi connectivity index (χ0) is 16.7. The van der Waals surface area contributed by atoms with Gasteiger partial charge in [-0.25, -0.2) is 0 Å². The first-order valence-electron chi connectivity index (χ1n) is 8.07. The number of carbonyl (C=O) groups excluding carboxylic acids is 1. The molecule has 2 aromatic rings. The van der Waals surface area contributed by atoms with E-state index in [1.165, 1.54) is 0 Å². The van der Waals surface area contributed by atoms with E-state index in [-0.39, 0.29) is 11.9 Å². The Morgan fingerprint density at radius 2 is 1.96 bits per heavy atom. The Labute approximate surface area is 137 Å². The van der Waals surface area contributed by atoms with E-state index >= 15 is 0 Å². The molecule has 0 aliphatic carbocycles. The number of amides is 1. The lowest BCUT2D eigenvalue weighted by Crippen LogP contribution is -2.33. The molecule has 0 spiro atoms. The van der Waals surface area contributed by atoms with Crippen LogP contribution in [-0.2, 0) is 6.61 Å². The van der Waals surface area contributed by atoms with Crippen LogP contribution in [0, 0.1) is 5.92 Å². The molecule has 1 amide bonds. The molecule has 0 aliphatic heterocycles. The molecule has 1 atom stereocenters. The minimum Gasteiger partial charge on any atom is -0.487 e. The zero-order valence-electron chi connectivity index (χ0n) is 14.0. The maximum absolute atomic E-state index is 12.2. The molecule has 1 aromatic carbocycles. The fourth-order valence-corrected chi connectivity index (χ4v) is 2.18. The number of nitrogens with one attached hydrogen (secondary N) is 2. The molecule has 5 heteroatoms. The molecule has 124 valence electrons. The normalized spacial score (nSPS) is 12.2. The quantitative estimate of drug-likeness (QED) is 0.783. The Morgan fingerprint density at radius 1 is 1.22 bits per heavy atom. The minimum atomic E-state index is -0.150. The summed E-state index contributed by atoms with van der Waals surface area (Å²) in [6.07, 6.45) is 2.07. The van der Waals surface area contributed by atoms with Gasteiger partial charge < -0.3 is 10.1 Å². The molecule has 2 N–H and O–H groups in total. The van der Waals surface area contributed by atoms with Gasteiger partial charge in [0.2, 0.25) is 0 Å². The summed E-state index contributed by atoms with van der Waals surface area (Å²) >= 11 is 0. The van der Waals surface area contributed by atoms with Gasteiger partial charge in [-0.05, 0) is 43.9 Å². The van der Waals surface area contributed by atoms with Crippen molar-refractivity contribution in [1.82, 2.24) is 15.5 Å². The first-order valence-corrected chi connectivity index (χ1v) is 8.07. The minimum absolute atomic E-state index is 0.144. The number of hydrogen-bond donors (Lipinski definition) is 2. The molecule has 0 radical (unpaired) electrons. The number of aromatic nitrogens is 2. The second kappa shape index (κ2) is 8.36. The van der Waals surface area contributed by atoms with Crippen LogP contribution in [-0.4, -0.2) is 22.1 Å². The van der Waals surface area contributed by atoms with Gasteiger partial charge in [-0.2, -0.15) is 5.10 Å². The molecule has 1 aromatic heterocycles. The Morgan fingerprint density at radius 3 is 2.65 bits per heavy atom. The molecule has 5 nitrogen and oxygen atoms in total. The topological polar surface area (TPSA) is 67.0 Å². The number of hydrogen-bond acceptors (Lipinski definition) is 3. The highest BCUT2D eigenvalue weighted by Crippen LogP contribution is 2.11. The highest BCUT2D eigenvalue weighted by Gasteiger charge is 2.13. The highest BCUT2D eigenvalue weighted by molar-refractivity contribution is 5.92.